The van der Waals surface area contributed by atoms with Gasteiger partial charge in [0.1, 0.15) is 0 Å². The van der Waals surface area contributed by atoms with Gasteiger partial charge in [-0.25, -0.2) is 28.4 Å². The Bertz CT molecular complexity index is 3680. The van der Waals surface area contributed by atoms with Gasteiger partial charge >= 0.3 is 0 Å². The van der Waals surface area contributed by atoms with Crippen LogP contribution in [-0.4, -0.2) is 28.4 Å². The van der Waals surface area contributed by atoms with Gasteiger partial charge in [0.25, 0.3) is 0 Å². The zero-order valence-electron chi connectivity index (χ0n) is 34.1. The summed E-state index contributed by atoms with van der Waals surface area (Å²) in [6.45, 7) is 0. The fourth-order valence-corrected chi connectivity index (χ4v) is 12.1. The predicted octanol–water partition coefficient (Wildman–Crippen LogP) is 12.8. The first kappa shape index (κ1) is 36.5. The Balaban J connectivity index is 1.10. The number of sulfone groups is 1. The van der Waals surface area contributed by atoms with Crippen molar-refractivity contribution in [1.29, 1.82) is 0 Å². The monoisotopic (exact) mass is 838 g/mol. The van der Waals surface area contributed by atoms with E-state index in [9.17, 15) is 8.42 Å². The molecule has 2 aliphatic carbocycles. The van der Waals surface area contributed by atoms with E-state index >= 15 is 0 Å². The molecule has 64 heavy (non-hydrogen) atoms. The van der Waals surface area contributed by atoms with Gasteiger partial charge in [-0.2, -0.15) is 0 Å². The molecular weight excluding hydrogens is 805 g/mol. The van der Waals surface area contributed by atoms with Crippen LogP contribution in [-0.2, 0) is 15.3 Å². The molecule has 13 rings (SSSR count). The fraction of sp³-hybridized carbons (Fsp3) is 0.0175. The Labute approximate surface area is 370 Å². The van der Waals surface area contributed by atoms with Crippen molar-refractivity contribution in [2.75, 3.05) is 0 Å². The van der Waals surface area contributed by atoms with Crippen molar-refractivity contribution in [3.63, 3.8) is 0 Å². The second kappa shape index (κ2) is 13.7. The highest BCUT2D eigenvalue weighted by Gasteiger charge is 2.51. The standard InChI is InChI=1S/C57H34N4O2S/c62-64(63)53-26-14-11-23-44(53)46-30-50-45(31-54(46)64)42-22-10-13-25-48(42)57(50)47-24-12-9-21-41(47)39-19-7-8-20-40(39)43-28-27-37(29-49(43)57)51-32-52(61-56(60-51)36-17-5-2-6-18-36)38-33-58-55(59-34-38)35-15-3-1-4-16-35/h1-34H. The second-order valence-electron chi connectivity index (χ2n) is 16.5. The average Bonchev–Trinajstić information content (AvgIpc) is 3.73. The Hall–Kier alpha value is -8.13. The zero-order chi connectivity index (χ0) is 42.6. The van der Waals surface area contributed by atoms with Crippen molar-refractivity contribution >= 4 is 9.84 Å². The minimum Gasteiger partial charge on any atom is -0.236 e. The summed E-state index contributed by atoms with van der Waals surface area (Å²) in [6, 6.07) is 66.1. The van der Waals surface area contributed by atoms with Crippen LogP contribution in [0.1, 0.15) is 22.3 Å². The van der Waals surface area contributed by atoms with Gasteiger partial charge < -0.3 is 0 Å². The molecule has 0 saturated heterocycles. The molecule has 0 fully saturated rings. The third kappa shape index (κ3) is 5.16. The summed E-state index contributed by atoms with van der Waals surface area (Å²) in [5.74, 6) is 1.23. The number of fused-ring (bicyclic) bond motifs is 15. The van der Waals surface area contributed by atoms with E-state index in [2.05, 4.69) is 97.1 Å². The summed E-state index contributed by atoms with van der Waals surface area (Å²) in [5, 5.41) is 0. The number of rotatable bonds is 4. The van der Waals surface area contributed by atoms with Crippen LogP contribution in [0.2, 0.25) is 0 Å². The van der Waals surface area contributed by atoms with E-state index < -0.39 is 15.3 Å². The van der Waals surface area contributed by atoms with Crippen LogP contribution in [0.25, 0.3) is 89.8 Å². The SMILES string of the molecule is O=S1(=O)c2ccccc2-c2cc3c(cc21)-c1ccccc1C31c2ccccc2-c2ccccc2-c2ccc(-c3cc(-c4cnc(-c5ccccc5)nc4)nc(-c4ccccc4)n3)cc21. The van der Waals surface area contributed by atoms with Gasteiger partial charge in [0.05, 0.1) is 26.6 Å². The lowest BCUT2D eigenvalue weighted by molar-refractivity contribution is 0.598. The van der Waals surface area contributed by atoms with E-state index in [1.54, 1.807) is 12.1 Å². The fourth-order valence-electron chi connectivity index (χ4n) is 10.4. The van der Waals surface area contributed by atoms with E-state index in [1.807, 2.05) is 97.3 Å². The first-order valence-corrected chi connectivity index (χ1v) is 22.8. The number of aromatic nitrogens is 4. The number of hydrogen-bond donors (Lipinski definition) is 0. The number of nitrogens with zero attached hydrogens (tertiary/aromatic N) is 4. The normalized spacial score (nSPS) is 15.5. The minimum atomic E-state index is -3.74. The van der Waals surface area contributed by atoms with E-state index in [-0.39, 0.29) is 0 Å². The smallest absolute Gasteiger partial charge is 0.207 e. The number of hydrogen-bond acceptors (Lipinski definition) is 6. The molecule has 0 amide bonds. The number of benzene rings is 8. The van der Waals surface area contributed by atoms with Gasteiger partial charge in [-0.3, -0.25) is 0 Å². The van der Waals surface area contributed by atoms with Crippen molar-refractivity contribution in [3.05, 3.63) is 229 Å². The maximum atomic E-state index is 14.3. The largest absolute Gasteiger partial charge is 0.236 e. The van der Waals surface area contributed by atoms with E-state index in [1.165, 1.54) is 0 Å². The van der Waals surface area contributed by atoms with Crippen molar-refractivity contribution in [1.82, 2.24) is 19.9 Å². The first-order valence-electron chi connectivity index (χ1n) is 21.3. The molecule has 8 aromatic carbocycles. The summed E-state index contributed by atoms with van der Waals surface area (Å²) in [5.41, 5.74) is 16.3. The average molecular weight is 839 g/mol. The molecule has 0 N–H and O–H groups in total. The molecule has 1 atom stereocenters. The van der Waals surface area contributed by atoms with E-state index in [0.29, 0.717) is 27.1 Å². The van der Waals surface area contributed by atoms with Crippen LogP contribution in [0.5, 0.6) is 0 Å². The quantitative estimate of drug-likeness (QED) is 0.175. The van der Waals surface area contributed by atoms with Crippen molar-refractivity contribution in [2.24, 2.45) is 0 Å². The first-order chi connectivity index (χ1) is 31.5. The lowest BCUT2D eigenvalue weighted by Crippen LogP contribution is -2.29. The second-order valence-corrected chi connectivity index (χ2v) is 18.4. The van der Waals surface area contributed by atoms with Gasteiger partial charge in [0, 0.05) is 45.8 Å². The van der Waals surface area contributed by atoms with Gasteiger partial charge in [-0.1, -0.05) is 164 Å². The highest BCUT2D eigenvalue weighted by Crippen LogP contribution is 2.63. The molecule has 0 bridgehead atoms. The van der Waals surface area contributed by atoms with Crippen molar-refractivity contribution in [2.45, 2.75) is 15.2 Å². The Morgan fingerprint density at radius 1 is 0.328 bits per heavy atom. The van der Waals surface area contributed by atoms with Crippen LogP contribution >= 0.6 is 0 Å². The third-order valence-electron chi connectivity index (χ3n) is 13.2. The molecule has 1 unspecified atom stereocenters. The van der Waals surface area contributed by atoms with Crippen LogP contribution in [0.3, 0.4) is 0 Å². The molecule has 1 aliphatic heterocycles. The topological polar surface area (TPSA) is 85.7 Å². The Morgan fingerprint density at radius 3 is 1.48 bits per heavy atom. The highest BCUT2D eigenvalue weighted by molar-refractivity contribution is 7.92. The van der Waals surface area contributed by atoms with Crippen LogP contribution in [0.15, 0.2) is 216 Å². The van der Waals surface area contributed by atoms with Gasteiger partial charge in [-0.15, -0.1) is 0 Å². The predicted molar refractivity (Wildman–Crippen MR) is 252 cm³/mol. The van der Waals surface area contributed by atoms with E-state index in [4.69, 9.17) is 19.9 Å². The molecule has 3 heterocycles. The van der Waals surface area contributed by atoms with Crippen molar-refractivity contribution < 1.29 is 8.42 Å². The molecule has 0 radical (unpaired) electrons. The molecular formula is C57H34N4O2S. The van der Waals surface area contributed by atoms with Gasteiger partial charge in [0.2, 0.25) is 9.84 Å². The Morgan fingerprint density at radius 2 is 0.828 bits per heavy atom. The van der Waals surface area contributed by atoms with E-state index in [0.717, 1.165) is 94.7 Å². The molecule has 300 valence electrons. The molecule has 7 heteroatoms. The molecule has 0 saturated carbocycles. The summed E-state index contributed by atoms with van der Waals surface area (Å²) < 4.78 is 28.6. The lowest BCUT2D eigenvalue weighted by atomic mass is 9.65. The zero-order valence-corrected chi connectivity index (χ0v) is 35.0. The van der Waals surface area contributed by atoms with Gasteiger partial charge in [-0.05, 0) is 86.0 Å². The molecule has 1 spiro atoms. The minimum absolute atomic E-state index is 0.348. The third-order valence-corrected chi connectivity index (χ3v) is 15.0. The highest BCUT2D eigenvalue weighted by atomic mass is 32.2. The maximum Gasteiger partial charge on any atom is 0.207 e. The van der Waals surface area contributed by atoms with Crippen molar-refractivity contribution in [3.8, 4) is 89.8 Å². The van der Waals surface area contributed by atoms with Crippen LogP contribution < -0.4 is 0 Å². The van der Waals surface area contributed by atoms with Crippen LogP contribution in [0, 0.1) is 0 Å². The summed E-state index contributed by atoms with van der Waals surface area (Å²) in [7, 11) is -3.74. The summed E-state index contributed by atoms with van der Waals surface area (Å²) in [4.78, 5) is 20.7. The molecule has 10 aromatic rings. The summed E-state index contributed by atoms with van der Waals surface area (Å²) in [6.07, 6.45) is 3.67. The lowest BCUT2D eigenvalue weighted by Gasteiger charge is -2.36. The van der Waals surface area contributed by atoms with Gasteiger partial charge in [0.15, 0.2) is 11.6 Å². The maximum absolute atomic E-state index is 14.3. The molecule has 2 aromatic heterocycles. The molecule has 3 aliphatic rings. The molecule has 6 nitrogen and oxygen atoms in total. The van der Waals surface area contributed by atoms with Crippen LogP contribution in [0.4, 0.5) is 0 Å². The Kier molecular flexibility index (Phi) is 7.81. The summed E-state index contributed by atoms with van der Waals surface area (Å²) >= 11 is 0.